The van der Waals surface area contributed by atoms with Crippen LogP contribution in [0.25, 0.3) is 0 Å². The van der Waals surface area contributed by atoms with Gasteiger partial charge in [0.2, 0.25) is 0 Å². The fraction of sp³-hybridized carbons (Fsp3) is 0.875. The highest BCUT2D eigenvalue weighted by molar-refractivity contribution is 5.50. The van der Waals surface area contributed by atoms with Gasteiger partial charge in [-0.15, -0.1) is 0 Å². The number of aldehydes is 1. The highest BCUT2D eigenvalue weighted by Crippen LogP contribution is 2.22. The molecule has 0 aromatic rings. The number of hydrogen-bond donors (Lipinski definition) is 4. The Balaban J connectivity index is 2.67. The van der Waals surface area contributed by atoms with E-state index in [0.717, 1.165) is 0 Å². The zero-order valence-corrected chi connectivity index (χ0v) is 7.48. The van der Waals surface area contributed by atoms with E-state index in [4.69, 9.17) is 9.84 Å². The maximum atomic E-state index is 10.2. The average molecular weight is 206 g/mol. The Bertz CT molecular complexity index is 194. The fourth-order valence-corrected chi connectivity index (χ4v) is 1.47. The molecule has 6 heteroatoms. The highest BCUT2D eigenvalue weighted by atomic mass is 16.5. The molecule has 1 heterocycles. The van der Waals surface area contributed by atoms with Crippen molar-refractivity contribution in [3.63, 3.8) is 0 Å². The van der Waals surface area contributed by atoms with Crippen molar-refractivity contribution in [3.8, 4) is 0 Å². The van der Waals surface area contributed by atoms with Crippen molar-refractivity contribution < 1.29 is 30.0 Å². The van der Waals surface area contributed by atoms with Crippen molar-refractivity contribution in [2.75, 3.05) is 6.61 Å². The van der Waals surface area contributed by atoms with E-state index in [-0.39, 0.29) is 6.42 Å². The van der Waals surface area contributed by atoms with E-state index >= 15 is 0 Å². The second-order valence-electron chi connectivity index (χ2n) is 3.27. The lowest BCUT2D eigenvalue weighted by molar-refractivity contribution is -0.228. The maximum Gasteiger partial charge on any atom is 0.122 e. The summed E-state index contributed by atoms with van der Waals surface area (Å²) in [5.41, 5.74) is 0. The van der Waals surface area contributed by atoms with E-state index in [0.29, 0.717) is 6.29 Å². The van der Waals surface area contributed by atoms with Gasteiger partial charge in [-0.3, -0.25) is 0 Å². The van der Waals surface area contributed by atoms with E-state index in [1.165, 1.54) is 0 Å². The molecule has 1 fully saturated rings. The van der Waals surface area contributed by atoms with E-state index in [1.54, 1.807) is 0 Å². The molecule has 0 aliphatic carbocycles. The molecule has 0 saturated carbocycles. The van der Waals surface area contributed by atoms with Crippen LogP contribution in [0.5, 0.6) is 0 Å². The monoisotopic (exact) mass is 206 g/mol. The molecule has 0 bridgehead atoms. The van der Waals surface area contributed by atoms with Gasteiger partial charge in [0.25, 0.3) is 0 Å². The molecule has 0 spiro atoms. The normalized spacial score (nSPS) is 43.6. The van der Waals surface area contributed by atoms with Gasteiger partial charge in [0, 0.05) is 6.42 Å². The Morgan fingerprint density at radius 2 is 1.64 bits per heavy atom. The lowest BCUT2D eigenvalue weighted by Gasteiger charge is -2.39. The van der Waals surface area contributed by atoms with Crippen LogP contribution in [0.4, 0.5) is 0 Å². The minimum Gasteiger partial charge on any atom is -0.394 e. The summed E-state index contributed by atoms with van der Waals surface area (Å²) < 4.78 is 5.03. The van der Waals surface area contributed by atoms with Gasteiger partial charge in [-0.1, -0.05) is 0 Å². The molecule has 1 rings (SSSR count). The first-order valence-electron chi connectivity index (χ1n) is 4.36. The van der Waals surface area contributed by atoms with Crippen LogP contribution in [0.2, 0.25) is 0 Å². The summed E-state index contributed by atoms with van der Waals surface area (Å²) in [4.78, 5) is 10.2. The van der Waals surface area contributed by atoms with Crippen LogP contribution in [0.1, 0.15) is 6.42 Å². The Hall–Kier alpha value is -0.530. The molecule has 1 aliphatic rings. The number of hydrogen-bond acceptors (Lipinski definition) is 6. The zero-order valence-electron chi connectivity index (χ0n) is 7.48. The van der Waals surface area contributed by atoms with Crippen molar-refractivity contribution in [3.05, 3.63) is 0 Å². The van der Waals surface area contributed by atoms with Crippen LogP contribution in [0.3, 0.4) is 0 Å². The van der Waals surface area contributed by atoms with Crippen LogP contribution in [0, 0.1) is 0 Å². The predicted molar refractivity (Wildman–Crippen MR) is 44.4 cm³/mol. The number of carbonyl (C=O) groups excluding carboxylic acids is 1. The summed E-state index contributed by atoms with van der Waals surface area (Å²) in [6, 6.07) is 0. The summed E-state index contributed by atoms with van der Waals surface area (Å²) in [5.74, 6) is 0. The minimum atomic E-state index is -1.40. The van der Waals surface area contributed by atoms with Gasteiger partial charge < -0.3 is 30.0 Å². The average Bonchev–Trinajstić information content (AvgIpc) is 2.19. The molecule has 4 N–H and O–H groups in total. The van der Waals surface area contributed by atoms with Crippen LogP contribution in [-0.2, 0) is 9.53 Å². The molecular formula is C8H14O6. The van der Waals surface area contributed by atoms with Crippen LogP contribution < -0.4 is 0 Å². The first kappa shape index (κ1) is 11.5. The topological polar surface area (TPSA) is 107 Å². The lowest BCUT2D eigenvalue weighted by Crippen LogP contribution is -2.58. The first-order chi connectivity index (χ1) is 6.61. The lowest BCUT2D eigenvalue weighted by atomic mass is 9.94. The third-order valence-corrected chi connectivity index (χ3v) is 2.32. The summed E-state index contributed by atoms with van der Waals surface area (Å²) >= 11 is 0. The first-order valence-corrected chi connectivity index (χ1v) is 4.36. The Labute approximate surface area is 80.7 Å². The molecule has 0 aromatic heterocycles. The van der Waals surface area contributed by atoms with Crippen molar-refractivity contribution in [1.29, 1.82) is 0 Å². The van der Waals surface area contributed by atoms with E-state index in [9.17, 15) is 20.1 Å². The number of ether oxygens (including phenoxy) is 1. The zero-order chi connectivity index (χ0) is 10.7. The number of aliphatic hydroxyl groups excluding tert-OH is 4. The molecule has 0 amide bonds. The predicted octanol–water partition coefficient (Wildman–Crippen LogP) is -2.58. The largest absolute Gasteiger partial charge is 0.394 e. The molecular weight excluding hydrogens is 192 g/mol. The molecule has 5 atom stereocenters. The Kier molecular flexibility index (Phi) is 3.97. The summed E-state index contributed by atoms with van der Waals surface area (Å²) in [5, 5.41) is 36.8. The number of carbonyl (C=O) groups is 1. The van der Waals surface area contributed by atoms with Crippen molar-refractivity contribution in [2.45, 2.75) is 36.9 Å². The van der Waals surface area contributed by atoms with Crippen molar-refractivity contribution >= 4 is 6.29 Å². The highest BCUT2D eigenvalue weighted by Gasteiger charge is 2.42. The smallest absolute Gasteiger partial charge is 0.122 e. The maximum absolute atomic E-state index is 10.2. The van der Waals surface area contributed by atoms with Crippen LogP contribution in [0.15, 0.2) is 0 Å². The molecule has 6 nitrogen and oxygen atoms in total. The molecule has 1 aliphatic heterocycles. The molecule has 0 radical (unpaired) electrons. The van der Waals surface area contributed by atoms with Crippen LogP contribution in [-0.4, -0.2) is 63.8 Å². The van der Waals surface area contributed by atoms with Crippen molar-refractivity contribution in [2.24, 2.45) is 0 Å². The van der Waals surface area contributed by atoms with Gasteiger partial charge in [0.05, 0.1) is 12.7 Å². The minimum absolute atomic E-state index is 0.0819. The Morgan fingerprint density at radius 3 is 2.14 bits per heavy atom. The van der Waals surface area contributed by atoms with Crippen LogP contribution >= 0.6 is 0 Å². The van der Waals surface area contributed by atoms with Gasteiger partial charge in [0.1, 0.15) is 30.7 Å². The summed E-state index contributed by atoms with van der Waals surface area (Å²) in [7, 11) is 0. The third-order valence-electron chi connectivity index (χ3n) is 2.32. The quantitative estimate of drug-likeness (QED) is 0.378. The van der Waals surface area contributed by atoms with Gasteiger partial charge in [-0.2, -0.15) is 0 Å². The number of rotatable bonds is 3. The molecule has 14 heavy (non-hydrogen) atoms. The molecule has 1 saturated heterocycles. The van der Waals surface area contributed by atoms with Gasteiger partial charge in [-0.25, -0.2) is 0 Å². The molecule has 0 aromatic carbocycles. The number of aliphatic hydroxyl groups is 4. The SMILES string of the molecule is O=CC[C@H]1OC(CO)[C@H](O)[C@H](O)C1O. The molecule has 82 valence electrons. The second-order valence-corrected chi connectivity index (χ2v) is 3.27. The summed E-state index contributed by atoms with van der Waals surface area (Å²) in [6.45, 7) is -0.472. The van der Waals surface area contributed by atoms with Crippen molar-refractivity contribution in [1.82, 2.24) is 0 Å². The summed E-state index contributed by atoms with van der Waals surface area (Å²) in [6.07, 6.45) is -5.41. The van der Waals surface area contributed by atoms with Gasteiger partial charge in [0.15, 0.2) is 0 Å². The van der Waals surface area contributed by atoms with Gasteiger partial charge >= 0.3 is 0 Å². The Morgan fingerprint density at radius 1 is 1.07 bits per heavy atom. The molecule has 2 unspecified atom stereocenters. The third kappa shape index (κ3) is 2.10. The second kappa shape index (κ2) is 4.81. The van der Waals surface area contributed by atoms with E-state index in [1.807, 2.05) is 0 Å². The van der Waals surface area contributed by atoms with E-state index < -0.39 is 37.1 Å². The van der Waals surface area contributed by atoms with E-state index in [2.05, 4.69) is 0 Å². The fourth-order valence-electron chi connectivity index (χ4n) is 1.47. The van der Waals surface area contributed by atoms with Gasteiger partial charge in [-0.05, 0) is 0 Å². The standard InChI is InChI=1S/C8H14O6/c9-2-1-4-6(11)8(13)7(12)5(3-10)14-4/h2,4-8,10-13H,1,3H2/t4-,5?,6?,7+,8-/m1/s1.